The maximum absolute atomic E-state index is 12.3. The molecule has 0 saturated heterocycles. The van der Waals surface area contributed by atoms with Gasteiger partial charge < -0.3 is 9.72 Å². The van der Waals surface area contributed by atoms with Crippen LogP contribution in [0.3, 0.4) is 0 Å². The van der Waals surface area contributed by atoms with Crippen LogP contribution in [0.25, 0.3) is 16.6 Å². The van der Waals surface area contributed by atoms with Crippen molar-refractivity contribution in [1.29, 1.82) is 0 Å². The van der Waals surface area contributed by atoms with Crippen molar-refractivity contribution in [2.75, 3.05) is 7.11 Å². The fourth-order valence-electron chi connectivity index (χ4n) is 2.75. The van der Waals surface area contributed by atoms with Gasteiger partial charge in [0.2, 0.25) is 0 Å². The number of hydrogen-bond acceptors (Lipinski definition) is 6. The normalized spacial score (nSPS) is 12.2. The number of ether oxygens (including phenoxy) is 1. The molecule has 0 spiro atoms. The molecule has 0 bridgehead atoms. The third-order valence-electron chi connectivity index (χ3n) is 4.15. The van der Waals surface area contributed by atoms with E-state index in [1.54, 1.807) is 19.5 Å². The van der Waals surface area contributed by atoms with Gasteiger partial charge in [0.05, 0.1) is 29.0 Å². The van der Waals surface area contributed by atoms with Crippen LogP contribution in [0.15, 0.2) is 64.8 Å². The second kappa shape index (κ2) is 7.24. The fraction of sp³-hybridized carbons (Fsp3) is 0.158. The lowest BCUT2D eigenvalue weighted by atomic mass is 10.2. The van der Waals surface area contributed by atoms with Crippen LogP contribution in [0.2, 0.25) is 0 Å². The molecule has 0 aliphatic carbocycles. The first-order chi connectivity index (χ1) is 13.2. The van der Waals surface area contributed by atoms with E-state index in [0.717, 1.165) is 11.4 Å². The molecule has 4 aromatic rings. The van der Waals surface area contributed by atoms with Crippen LogP contribution in [0.4, 0.5) is 0 Å². The van der Waals surface area contributed by atoms with E-state index in [1.807, 2.05) is 54.0 Å². The van der Waals surface area contributed by atoms with Gasteiger partial charge in [-0.3, -0.25) is 9.36 Å². The highest BCUT2D eigenvalue weighted by Gasteiger charge is 2.17. The van der Waals surface area contributed by atoms with Gasteiger partial charge in [-0.05, 0) is 31.2 Å². The quantitative estimate of drug-likeness (QED) is 0.535. The Morgan fingerprint density at radius 1 is 1.19 bits per heavy atom. The summed E-state index contributed by atoms with van der Waals surface area (Å²) < 4.78 is 7.16. The summed E-state index contributed by atoms with van der Waals surface area (Å²) in [7, 11) is 1.63. The Hall–Kier alpha value is -3.13. The average Bonchev–Trinajstić information content (AvgIpc) is 3.16. The molecular formula is C19H17N5O2S. The highest BCUT2D eigenvalue weighted by molar-refractivity contribution is 7.99. The molecule has 4 rings (SSSR count). The van der Waals surface area contributed by atoms with Gasteiger partial charge in [-0.1, -0.05) is 30.0 Å². The predicted molar refractivity (Wildman–Crippen MR) is 105 cm³/mol. The largest absolute Gasteiger partial charge is 0.497 e. The summed E-state index contributed by atoms with van der Waals surface area (Å²) in [6.45, 7) is 1.97. The first-order valence-electron chi connectivity index (χ1n) is 8.36. The van der Waals surface area contributed by atoms with Crippen LogP contribution in [0.5, 0.6) is 5.75 Å². The van der Waals surface area contributed by atoms with Crippen molar-refractivity contribution in [2.24, 2.45) is 0 Å². The van der Waals surface area contributed by atoms with E-state index < -0.39 is 0 Å². The minimum absolute atomic E-state index is 0.115. The number of nitrogens with zero attached hydrogens (tertiary/aromatic N) is 4. The second-order valence-corrected chi connectivity index (χ2v) is 7.22. The van der Waals surface area contributed by atoms with Gasteiger partial charge in [0.25, 0.3) is 5.56 Å². The Morgan fingerprint density at radius 2 is 2.04 bits per heavy atom. The number of aromatic nitrogens is 5. The van der Waals surface area contributed by atoms with E-state index in [0.29, 0.717) is 21.9 Å². The molecule has 0 fully saturated rings. The van der Waals surface area contributed by atoms with Gasteiger partial charge in [-0.15, -0.1) is 10.2 Å². The Balaban J connectivity index is 1.65. The van der Waals surface area contributed by atoms with Gasteiger partial charge >= 0.3 is 0 Å². The van der Waals surface area contributed by atoms with Crippen molar-refractivity contribution in [3.63, 3.8) is 0 Å². The van der Waals surface area contributed by atoms with Crippen molar-refractivity contribution < 1.29 is 4.74 Å². The van der Waals surface area contributed by atoms with Crippen LogP contribution in [-0.4, -0.2) is 31.8 Å². The summed E-state index contributed by atoms with van der Waals surface area (Å²) in [5.41, 5.74) is 1.43. The number of fused-ring (bicyclic) bond motifs is 1. The van der Waals surface area contributed by atoms with E-state index >= 15 is 0 Å². The zero-order chi connectivity index (χ0) is 18.8. The van der Waals surface area contributed by atoms with Crippen molar-refractivity contribution in [3.8, 4) is 11.4 Å². The van der Waals surface area contributed by atoms with E-state index in [-0.39, 0.29) is 10.8 Å². The lowest BCUT2D eigenvalue weighted by molar-refractivity contribution is 0.414. The van der Waals surface area contributed by atoms with Gasteiger partial charge in [-0.2, -0.15) is 0 Å². The minimum atomic E-state index is -0.141. The SMILES string of the molecule is COc1cccc(-n2cnnc2S[C@H](C)c2nc3ccccc3c(=O)[nH]2)c1. The number of benzene rings is 2. The summed E-state index contributed by atoms with van der Waals surface area (Å²) in [6.07, 6.45) is 1.65. The lowest BCUT2D eigenvalue weighted by Gasteiger charge is -2.12. The summed E-state index contributed by atoms with van der Waals surface area (Å²) in [6, 6.07) is 15.0. The van der Waals surface area contributed by atoms with Crippen LogP contribution >= 0.6 is 11.8 Å². The van der Waals surface area contributed by atoms with Crippen molar-refractivity contribution in [1.82, 2.24) is 24.7 Å². The molecule has 8 heteroatoms. The Labute approximate surface area is 159 Å². The molecule has 0 saturated carbocycles. The van der Waals surface area contributed by atoms with E-state index in [1.165, 1.54) is 11.8 Å². The number of aromatic amines is 1. The average molecular weight is 379 g/mol. The third kappa shape index (κ3) is 3.43. The number of thioether (sulfide) groups is 1. The summed E-state index contributed by atoms with van der Waals surface area (Å²) in [5, 5.41) is 9.41. The standard InChI is InChI=1S/C19H17N5O2S/c1-12(17-21-16-9-4-3-8-15(16)18(25)22-17)27-19-23-20-11-24(19)13-6-5-7-14(10-13)26-2/h3-12H,1-2H3,(H,21,22,25)/t12-/m1/s1. The highest BCUT2D eigenvalue weighted by atomic mass is 32.2. The molecule has 27 heavy (non-hydrogen) atoms. The Bertz CT molecular complexity index is 1150. The second-order valence-electron chi connectivity index (χ2n) is 5.91. The monoisotopic (exact) mass is 379 g/mol. The van der Waals surface area contributed by atoms with Crippen molar-refractivity contribution in [3.05, 3.63) is 71.0 Å². The first kappa shape index (κ1) is 17.3. The van der Waals surface area contributed by atoms with Gasteiger partial charge in [0.1, 0.15) is 17.9 Å². The molecule has 7 nitrogen and oxygen atoms in total. The van der Waals surface area contributed by atoms with Crippen LogP contribution in [0.1, 0.15) is 18.0 Å². The molecule has 0 aliphatic heterocycles. The minimum Gasteiger partial charge on any atom is -0.497 e. The zero-order valence-electron chi connectivity index (χ0n) is 14.8. The smallest absolute Gasteiger partial charge is 0.258 e. The fourth-order valence-corrected chi connectivity index (χ4v) is 3.65. The van der Waals surface area contributed by atoms with Gasteiger partial charge in [0, 0.05) is 6.07 Å². The Morgan fingerprint density at radius 3 is 2.89 bits per heavy atom. The summed E-state index contributed by atoms with van der Waals surface area (Å²) in [4.78, 5) is 19.8. The molecule has 0 unspecified atom stereocenters. The van der Waals surface area contributed by atoms with E-state index in [9.17, 15) is 4.79 Å². The maximum Gasteiger partial charge on any atom is 0.258 e. The number of hydrogen-bond donors (Lipinski definition) is 1. The van der Waals surface area contributed by atoms with Gasteiger partial charge in [-0.25, -0.2) is 4.98 Å². The topological polar surface area (TPSA) is 85.7 Å². The first-order valence-corrected chi connectivity index (χ1v) is 9.24. The van der Waals surface area contributed by atoms with Crippen molar-refractivity contribution >= 4 is 22.7 Å². The lowest BCUT2D eigenvalue weighted by Crippen LogP contribution is -2.13. The molecule has 1 atom stereocenters. The van der Waals surface area contributed by atoms with E-state index in [2.05, 4.69) is 20.2 Å². The number of para-hydroxylation sites is 1. The van der Waals surface area contributed by atoms with Crippen LogP contribution in [-0.2, 0) is 0 Å². The van der Waals surface area contributed by atoms with Crippen LogP contribution in [0, 0.1) is 0 Å². The molecule has 2 aromatic carbocycles. The molecule has 0 aliphatic rings. The summed E-state index contributed by atoms with van der Waals surface area (Å²) >= 11 is 1.47. The number of H-pyrrole nitrogens is 1. The maximum atomic E-state index is 12.3. The number of nitrogens with one attached hydrogen (secondary N) is 1. The van der Waals surface area contributed by atoms with Gasteiger partial charge in [0.15, 0.2) is 5.16 Å². The highest BCUT2D eigenvalue weighted by Crippen LogP contribution is 2.33. The zero-order valence-corrected chi connectivity index (χ0v) is 15.6. The molecule has 136 valence electrons. The molecular weight excluding hydrogens is 362 g/mol. The number of methoxy groups -OCH3 is 1. The molecule has 2 heterocycles. The number of rotatable bonds is 5. The van der Waals surface area contributed by atoms with E-state index in [4.69, 9.17) is 4.74 Å². The predicted octanol–water partition coefficient (Wildman–Crippen LogP) is 3.37. The Kier molecular flexibility index (Phi) is 4.64. The molecule has 2 aromatic heterocycles. The van der Waals surface area contributed by atoms with Crippen molar-refractivity contribution in [2.45, 2.75) is 17.3 Å². The molecule has 0 amide bonds. The van der Waals surface area contributed by atoms with Crippen LogP contribution < -0.4 is 10.3 Å². The third-order valence-corrected chi connectivity index (χ3v) is 5.21. The molecule has 0 radical (unpaired) electrons. The molecule has 1 N–H and O–H groups in total. The summed E-state index contributed by atoms with van der Waals surface area (Å²) in [5.74, 6) is 1.36.